The number of ether oxygens (including phenoxy) is 1. The van der Waals surface area contributed by atoms with Gasteiger partial charge in [-0.05, 0) is 41.3 Å². The first-order valence-corrected chi connectivity index (χ1v) is 8.90. The van der Waals surface area contributed by atoms with Crippen molar-refractivity contribution in [1.82, 2.24) is 10.7 Å². The van der Waals surface area contributed by atoms with Gasteiger partial charge < -0.3 is 10.1 Å². The Morgan fingerprint density at radius 3 is 2.67 bits per heavy atom. The zero-order valence-corrected chi connectivity index (χ0v) is 16.0. The van der Waals surface area contributed by atoms with E-state index < -0.39 is 11.8 Å². The molecular formula is C20H22ClN3O3. The summed E-state index contributed by atoms with van der Waals surface area (Å²) >= 11 is 5.96. The van der Waals surface area contributed by atoms with Crippen molar-refractivity contribution in [2.45, 2.75) is 20.5 Å². The average molecular weight is 388 g/mol. The summed E-state index contributed by atoms with van der Waals surface area (Å²) < 4.78 is 5.74. The van der Waals surface area contributed by atoms with Gasteiger partial charge >= 0.3 is 11.8 Å². The predicted molar refractivity (Wildman–Crippen MR) is 106 cm³/mol. The van der Waals surface area contributed by atoms with Crippen molar-refractivity contribution in [3.63, 3.8) is 0 Å². The lowest BCUT2D eigenvalue weighted by Crippen LogP contribution is -2.39. The average Bonchev–Trinajstić information content (AvgIpc) is 2.64. The Morgan fingerprint density at radius 1 is 1.15 bits per heavy atom. The maximum atomic E-state index is 11.6. The van der Waals surface area contributed by atoms with Crippen LogP contribution in [0.5, 0.6) is 5.75 Å². The van der Waals surface area contributed by atoms with E-state index >= 15 is 0 Å². The van der Waals surface area contributed by atoms with Gasteiger partial charge in [-0.25, -0.2) is 5.43 Å². The number of carbonyl (C=O) groups is 2. The van der Waals surface area contributed by atoms with Gasteiger partial charge in [-0.15, -0.1) is 0 Å². The van der Waals surface area contributed by atoms with E-state index in [-0.39, 0.29) is 5.92 Å². The summed E-state index contributed by atoms with van der Waals surface area (Å²) in [6, 6.07) is 14.7. The Morgan fingerprint density at radius 2 is 1.93 bits per heavy atom. The number of rotatable bonds is 7. The molecule has 0 saturated carbocycles. The molecule has 0 aliphatic heterocycles. The predicted octanol–water partition coefficient (Wildman–Crippen LogP) is 3.14. The molecule has 27 heavy (non-hydrogen) atoms. The molecule has 2 rings (SSSR count). The van der Waals surface area contributed by atoms with Crippen LogP contribution in [0.2, 0.25) is 5.02 Å². The van der Waals surface area contributed by atoms with E-state index in [1.807, 2.05) is 44.2 Å². The van der Waals surface area contributed by atoms with Gasteiger partial charge in [0.1, 0.15) is 12.4 Å². The Kier molecular flexibility index (Phi) is 7.82. The van der Waals surface area contributed by atoms with Gasteiger partial charge in [-0.2, -0.15) is 5.10 Å². The Bertz CT molecular complexity index is 822. The number of hydrogen-bond acceptors (Lipinski definition) is 4. The number of amides is 2. The molecule has 0 saturated heterocycles. The molecule has 0 unspecified atom stereocenters. The molecule has 0 fully saturated rings. The number of carbonyl (C=O) groups excluding carboxylic acids is 2. The lowest BCUT2D eigenvalue weighted by atomic mass is 10.2. The molecule has 0 heterocycles. The van der Waals surface area contributed by atoms with Crippen LogP contribution in [0.1, 0.15) is 25.0 Å². The molecule has 0 atom stereocenters. The number of halogens is 1. The van der Waals surface area contributed by atoms with E-state index in [4.69, 9.17) is 16.3 Å². The van der Waals surface area contributed by atoms with Gasteiger partial charge in [-0.1, -0.05) is 49.7 Å². The first kappa shape index (κ1) is 20.5. The minimum atomic E-state index is -0.805. The molecule has 142 valence electrons. The molecule has 0 bridgehead atoms. The number of hydrazone groups is 1. The summed E-state index contributed by atoms with van der Waals surface area (Å²) in [4.78, 5) is 23.2. The van der Waals surface area contributed by atoms with Gasteiger partial charge in [-0.3, -0.25) is 9.59 Å². The Balaban J connectivity index is 1.86. The van der Waals surface area contributed by atoms with Crippen LogP contribution >= 0.6 is 11.6 Å². The second-order valence-electron chi connectivity index (χ2n) is 6.29. The van der Waals surface area contributed by atoms with E-state index in [0.717, 1.165) is 11.1 Å². The summed E-state index contributed by atoms with van der Waals surface area (Å²) in [7, 11) is 0. The molecule has 6 nitrogen and oxygen atoms in total. The highest BCUT2D eigenvalue weighted by molar-refractivity contribution is 6.35. The second-order valence-corrected chi connectivity index (χ2v) is 6.73. The van der Waals surface area contributed by atoms with E-state index in [0.29, 0.717) is 23.9 Å². The van der Waals surface area contributed by atoms with E-state index in [2.05, 4.69) is 15.8 Å². The van der Waals surface area contributed by atoms with Crippen molar-refractivity contribution in [2.24, 2.45) is 11.0 Å². The lowest BCUT2D eigenvalue weighted by Gasteiger charge is -2.07. The zero-order chi connectivity index (χ0) is 19.6. The normalized spacial score (nSPS) is 10.8. The molecule has 0 aromatic heterocycles. The van der Waals surface area contributed by atoms with Crippen LogP contribution in [-0.4, -0.2) is 24.6 Å². The molecule has 2 N–H and O–H groups in total. The third-order valence-electron chi connectivity index (χ3n) is 3.41. The van der Waals surface area contributed by atoms with Crippen LogP contribution in [0.25, 0.3) is 0 Å². The quantitative estimate of drug-likeness (QED) is 0.435. The molecule has 0 radical (unpaired) electrons. The maximum Gasteiger partial charge on any atom is 0.329 e. The summed E-state index contributed by atoms with van der Waals surface area (Å²) in [6.45, 7) is 4.70. The third-order valence-corrected chi connectivity index (χ3v) is 3.64. The second kappa shape index (κ2) is 10.3. The highest BCUT2D eigenvalue weighted by Gasteiger charge is 2.12. The summed E-state index contributed by atoms with van der Waals surface area (Å²) in [5, 5.41) is 6.98. The van der Waals surface area contributed by atoms with Gasteiger partial charge in [0.15, 0.2) is 0 Å². The lowest BCUT2D eigenvalue weighted by molar-refractivity contribution is -0.139. The van der Waals surface area contributed by atoms with Crippen molar-refractivity contribution in [2.75, 3.05) is 6.54 Å². The molecule has 0 spiro atoms. The van der Waals surface area contributed by atoms with Crippen LogP contribution in [-0.2, 0) is 16.2 Å². The van der Waals surface area contributed by atoms with Crippen molar-refractivity contribution in [1.29, 1.82) is 0 Å². The molecule has 0 aliphatic rings. The smallest absolute Gasteiger partial charge is 0.329 e. The molecule has 0 aliphatic carbocycles. The highest BCUT2D eigenvalue weighted by atomic mass is 35.5. The minimum Gasteiger partial charge on any atom is -0.489 e. The van der Waals surface area contributed by atoms with Crippen LogP contribution in [0, 0.1) is 5.92 Å². The largest absolute Gasteiger partial charge is 0.489 e. The molecule has 2 aromatic rings. The van der Waals surface area contributed by atoms with E-state index in [1.54, 1.807) is 18.2 Å². The van der Waals surface area contributed by atoms with Gasteiger partial charge in [0, 0.05) is 11.6 Å². The first-order chi connectivity index (χ1) is 12.9. The fourth-order valence-electron chi connectivity index (χ4n) is 2.07. The Labute approximate surface area is 163 Å². The molecular weight excluding hydrogens is 366 g/mol. The van der Waals surface area contributed by atoms with Gasteiger partial charge in [0.25, 0.3) is 0 Å². The van der Waals surface area contributed by atoms with Crippen molar-refractivity contribution in [3.8, 4) is 5.75 Å². The summed E-state index contributed by atoms with van der Waals surface area (Å²) in [5.74, 6) is -0.598. The van der Waals surface area contributed by atoms with Gasteiger partial charge in [0.05, 0.1) is 6.21 Å². The fraction of sp³-hybridized carbons (Fsp3) is 0.250. The van der Waals surface area contributed by atoms with Crippen LogP contribution in [0.3, 0.4) is 0 Å². The van der Waals surface area contributed by atoms with Crippen LogP contribution in [0.4, 0.5) is 0 Å². The van der Waals surface area contributed by atoms with Gasteiger partial charge in [0.2, 0.25) is 0 Å². The standard InChI is InChI=1S/C20H22ClN3O3/c1-14(2)11-22-19(25)20(26)24-23-12-15-5-4-8-18(10-15)27-13-16-6-3-7-17(21)9-16/h3-10,12,14H,11,13H2,1-2H3,(H,22,25)(H,24,26)/b23-12-. The van der Waals surface area contributed by atoms with Crippen molar-refractivity contribution >= 4 is 29.6 Å². The number of nitrogens with one attached hydrogen (secondary N) is 2. The molecule has 2 amide bonds. The monoisotopic (exact) mass is 387 g/mol. The SMILES string of the molecule is CC(C)CNC(=O)C(=O)N/N=C\c1cccc(OCc2cccc(Cl)c2)c1. The summed E-state index contributed by atoms with van der Waals surface area (Å²) in [5.41, 5.74) is 3.88. The molecule has 2 aromatic carbocycles. The number of benzene rings is 2. The van der Waals surface area contributed by atoms with Crippen LogP contribution in [0.15, 0.2) is 53.6 Å². The zero-order valence-electron chi connectivity index (χ0n) is 15.2. The fourth-order valence-corrected chi connectivity index (χ4v) is 2.28. The molecule has 7 heteroatoms. The number of hydrogen-bond donors (Lipinski definition) is 2. The first-order valence-electron chi connectivity index (χ1n) is 8.52. The number of nitrogens with zero attached hydrogens (tertiary/aromatic N) is 1. The Hall–Kier alpha value is -2.86. The minimum absolute atomic E-state index is 0.264. The summed E-state index contributed by atoms with van der Waals surface area (Å²) in [6.07, 6.45) is 1.44. The van der Waals surface area contributed by atoms with Crippen LogP contribution < -0.4 is 15.5 Å². The van der Waals surface area contributed by atoms with Crippen molar-refractivity contribution in [3.05, 3.63) is 64.7 Å². The van der Waals surface area contributed by atoms with E-state index in [9.17, 15) is 9.59 Å². The topological polar surface area (TPSA) is 79.8 Å². The van der Waals surface area contributed by atoms with Crippen molar-refractivity contribution < 1.29 is 14.3 Å². The highest BCUT2D eigenvalue weighted by Crippen LogP contribution is 2.16. The third kappa shape index (κ3) is 7.50. The van der Waals surface area contributed by atoms with E-state index in [1.165, 1.54) is 6.21 Å². The maximum absolute atomic E-state index is 11.6.